The molecule has 174 valence electrons. The van der Waals surface area contributed by atoms with E-state index in [1.165, 1.54) is 37.9 Å². The van der Waals surface area contributed by atoms with Gasteiger partial charge in [0.15, 0.2) is 17.5 Å². The van der Waals surface area contributed by atoms with E-state index in [0.29, 0.717) is 6.79 Å². The van der Waals surface area contributed by atoms with E-state index in [4.69, 9.17) is 19.2 Å². The Morgan fingerprint density at radius 3 is 2.61 bits per heavy atom. The third-order valence-electron chi connectivity index (χ3n) is 6.49. The van der Waals surface area contributed by atoms with Crippen molar-refractivity contribution in [1.82, 2.24) is 15.5 Å². The summed E-state index contributed by atoms with van der Waals surface area (Å²) in [5, 5.41) is 6.95. The molecule has 1 aromatic carbocycles. The molecule has 4 rings (SSSR count). The van der Waals surface area contributed by atoms with Crippen LogP contribution in [0, 0.1) is 0 Å². The van der Waals surface area contributed by atoms with Crippen molar-refractivity contribution in [2.24, 2.45) is 4.99 Å². The van der Waals surface area contributed by atoms with Crippen LogP contribution in [0.1, 0.15) is 44.6 Å². The summed E-state index contributed by atoms with van der Waals surface area (Å²) in [5.74, 6) is 2.58. The number of hydrogen-bond donors (Lipinski definition) is 2. The normalized spacial score (nSPS) is 20.7. The molecule has 0 spiro atoms. The molecule has 0 unspecified atom stereocenters. The van der Waals surface area contributed by atoms with Gasteiger partial charge in [0, 0.05) is 38.3 Å². The number of hydrogen-bond acceptors (Lipinski definition) is 5. The largest absolute Gasteiger partial charge is 0.454 e. The van der Waals surface area contributed by atoms with Gasteiger partial charge in [-0.05, 0) is 63.4 Å². The van der Waals surface area contributed by atoms with Gasteiger partial charge >= 0.3 is 0 Å². The summed E-state index contributed by atoms with van der Waals surface area (Å²) in [7, 11) is 0. The molecule has 0 amide bonds. The lowest BCUT2D eigenvalue weighted by atomic mass is 9.74. The fourth-order valence-corrected chi connectivity index (χ4v) is 4.61. The van der Waals surface area contributed by atoms with E-state index < -0.39 is 0 Å². The molecule has 3 aliphatic heterocycles. The Bertz CT molecular complexity index is 719. The molecule has 0 saturated carbocycles. The Kier molecular flexibility index (Phi) is 9.52. The highest BCUT2D eigenvalue weighted by Crippen LogP contribution is 2.41. The summed E-state index contributed by atoms with van der Waals surface area (Å²) >= 11 is 0. The maximum absolute atomic E-state index is 5.68. The van der Waals surface area contributed by atoms with Crippen molar-refractivity contribution in [2.45, 2.75) is 44.4 Å². The van der Waals surface area contributed by atoms with Crippen molar-refractivity contribution < 1.29 is 14.2 Å². The average molecular weight is 544 g/mol. The number of nitrogens with one attached hydrogen (secondary N) is 2. The first-order valence-electron chi connectivity index (χ1n) is 11.5. The van der Waals surface area contributed by atoms with Crippen LogP contribution in [0.15, 0.2) is 23.2 Å². The van der Waals surface area contributed by atoms with Crippen molar-refractivity contribution in [3.8, 4) is 11.5 Å². The number of halogens is 1. The van der Waals surface area contributed by atoms with E-state index in [9.17, 15) is 0 Å². The minimum Gasteiger partial charge on any atom is -0.454 e. The molecule has 7 nitrogen and oxygen atoms in total. The Labute approximate surface area is 203 Å². The fraction of sp³-hybridized carbons (Fsp3) is 0.696. The van der Waals surface area contributed by atoms with Crippen LogP contribution in [0.5, 0.6) is 11.5 Å². The summed E-state index contributed by atoms with van der Waals surface area (Å²) in [6, 6.07) is 6.34. The predicted octanol–water partition coefficient (Wildman–Crippen LogP) is 3.12. The molecule has 2 N–H and O–H groups in total. The Morgan fingerprint density at radius 1 is 1.06 bits per heavy atom. The van der Waals surface area contributed by atoms with Crippen molar-refractivity contribution >= 4 is 29.9 Å². The quantitative estimate of drug-likeness (QED) is 0.313. The zero-order chi connectivity index (χ0) is 20.7. The topological polar surface area (TPSA) is 67.4 Å². The molecule has 0 bridgehead atoms. The second kappa shape index (κ2) is 12.1. The lowest BCUT2D eigenvalue weighted by Crippen LogP contribution is -2.44. The second-order valence-electron chi connectivity index (χ2n) is 8.48. The van der Waals surface area contributed by atoms with Crippen LogP contribution < -0.4 is 20.1 Å². The van der Waals surface area contributed by atoms with Gasteiger partial charge in [-0.15, -0.1) is 24.0 Å². The molecular weight excluding hydrogens is 507 g/mol. The van der Waals surface area contributed by atoms with E-state index in [1.54, 1.807) is 0 Å². The monoisotopic (exact) mass is 544 g/mol. The van der Waals surface area contributed by atoms with Crippen LogP contribution in [0.4, 0.5) is 0 Å². The van der Waals surface area contributed by atoms with Gasteiger partial charge in [-0.2, -0.15) is 0 Å². The minimum atomic E-state index is -0.0333. The van der Waals surface area contributed by atoms with Crippen molar-refractivity contribution in [2.75, 3.05) is 59.3 Å². The van der Waals surface area contributed by atoms with Gasteiger partial charge in [-0.25, -0.2) is 0 Å². The summed E-state index contributed by atoms with van der Waals surface area (Å²) in [4.78, 5) is 7.56. The van der Waals surface area contributed by atoms with Gasteiger partial charge in [-0.3, -0.25) is 4.99 Å². The smallest absolute Gasteiger partial charge is 0.231 e. The van der Waals surface area contributed by atoms with Gasteiger partial charge in [0.2, 0.25) is 6.79 Å². The number of rotatable bonds is 7. The van der Waals surface area contributed by atoms with Gasteiger partial charge in [-0.1, -0.05) is 12.5 Å². The predicted molar refractivity (Wildman–Crippen MR) is 134 cm³/mol. The van der Waals surface area contributed by atoms with E-state index in [1.807, 2.05) is 6.07 Å². The highest BCUT2D eigenvalue weighted by atomic mass is 127. The first-order chi connectivity index (χ1) is 14.8. The maximum Gasteiger partial charge on any atom is 0.231 e. The Balaban J connectivity index is 0.00000272. The lowest BCUT2D eigenvalue weighted by Gasteiger charge is -2.36. The number of nitrogens with zero attached hydrogens (tertiary/aromatic N) is 2. The molecule has 8 heteroatoms. The number of aliphatic imine (C=N–C) groups is 1. The molecule has 2 saturated heterocycles. The van der Waals surface area contributed by atoms with Crippen molar-refractivity contribution in [3.05, 3.63) is 23.8 Å². The van der Waals surface area contributed by atoms with Gasteiger partial charge in [0.05, 0.1) is 6.54 Å². The molecule has 31 heavy (non-hydrogen) atoms. The van der Waals surface area contributed by atoms with E-state index in [-0.39, 0.29) is 29.4 Å². The number of benzene rings is 1. The number of piperidine rings is 1. The SMILES string of the molecule is CCNC(=NCC1(c2ccc3c(c2)OCO3)CCOCC1)NCCN1CCCCC1.I. The van der Waals surface area contributed by atoms with Crippen molar-refractivity contribution in [1.29, 1.82) is 0 Å². The summed E-state index contributed by atoms with van der Waals surface area (Å²) < 4.78 is 16.8. The van der Waals surface area contributed by atoms with Crippen LogP contribution in [-0.4, -0.2) is 70.1 Å². The summed E-state index contributed by atoms with van der Waals surface area (Å²) in [6.07, 6.45) is 5.95. The number of fused-ring (bicyclic) bond motifs is 1. The fourth-order valence-electron chi connectivity index (χ4n) is 4.61. The maximum atomic E-state index is 5.68. The summed E-state index contributed by atoms with van der Waals surface area (Å²) in [6.45, 7) is 9.99. The van der Waals surface area contributed by atoms with Crippen LogP contribution in [0.25, 0.3) is 0 Å². The molecule has 0 aliphatic carbocycles. The van der Waals surface area contributed by atoms with Crippen LogP contribution >= 0.6 is 24.0 Å². The van der Waals surface area contributed by atoms with E-state index >= 15 is 0 Å². The molecule has 0 radical (unpaired) electrons. The van der Waals surface area contributed by atoms with Crippen molar-refractivity contribution in [3.63, 3.8) is 0 Å². The van der Waals surface area contributed by atoms with Gasteiger partial charge in [0.25, 0.3) is 0 Å². The van der Waals surface area contributed by atoms with Gasteiger partial charge in [0.1, 0.15) is 0 Å². The molecule has 1 aromatic rings. The van der Waals surface area contributed by atoms with E-state index in [0.717, 1.165) is 69.7 Å². The minimum absolute atomic E-state index is 0. The summed E-state index contributed by atoms with van der Waals surface area (Å²) in [5.41, 5.74) is 1.23. The second-order valence-corrected chi connectivity index (χ2v) is 8.48. The number of ether oxygens (including phenoxy) is 3. The molecule has 3 aliphatic rings. The number of guanidine groups is 1. The highest BCUT2D eigenvalue weighted by molar-refractivity contribution is 14.0. The van der Waals surface area contributed by atoms with Crippen LogP contribution in [-0.2, 0) is 10.2 Å². The first-order valence-corrected chi connectivity index (χ1v) is 11.5. The van der Waals surface area contributed by atoms with E-state index in [2.05, 4.69) is 34.6 Å². The molecule has 2 fully saturated rings. The molecular formula is C23H37IN4O3. The zero-order valence-electron chi connectivity index (χ0n) is 18.7. The van der Waals surface area contributed by atoms with Crippen LogP contribution in [0.3, 0.4) is 0 Å². The zero-order valence-corrected chi connectivity index (χ0v) is 21.0. The third-order valence-corrected chi connectivity index (χ3v) is 6.49. The van der Waals surface area contributed by atoms with Crippen LogP contribution in [0.2, 0.25) is 0 Å². The third kappa shape index (κ3) is 6.38. The highest BCUT2D eigenvalue weighted by Gasteiger charge is 2.35. The number of likely N-dealkylation sites (tertiary alicyclic amines) is 1. The molecule has 3 heterocycles. The first kappa shape index (κ1) is 24.4. The van der Waals surface area contributed by atoms with Gasteiger partial charge < -0.3 is 29.7 Å². The lowest BCUT2D eigenvalue weighted by molar-refractivity contribution is 0.0530. The Hall–Kier alpha value is -1.26. The standard InChI is InChI=1S/C23H36N4O3.HI/c1-2-24-22(25-10-13-27-11-4-3-5-12-27)26-17-23(8-14-28-15-9-23)19-6-7-20-21(16-19)30-18-29-20;/h6-7,16H,2-5,8-15,17-18H2,1H3,(H2,24,25,26);1H. The molecule has 0 aromatic heterocycles. The average Bonchev–Trinajstić information content (AvgIpc) is 3.27. The Morgan fingerprint density at radius 2 is 1.84 bits per heavy atom. The molecule has 0 atom stereocenters.